The van der Waals surface area contributed by atoms with E-state index in [1.54, 1.807) is 30.5 Å². The third kappa shape index (κ3) is 2.42. The molecule has 0 aliphatic rings. The Morgan fingerprint density at radius 3 is 2.44 bits per heavy atom. The van der Waals surface area contributed by atoms with Crippen LogP contribution in [0.5, 0.6) is 0 Å². The van der Waals surface area contributed by atoms with Gasteiger partial charge >= 0.3 is 0 Å². The van der Waals surface area contributed by atoms with Gasteiger partial charge in [0.15, 0.2) is 9.84 Å². The molecule has 96 valence electrons. The van der Waals surface area contributed by atoms with Crippen LogP contribution in [0.2, 0.25) is 0 Å². The average molecular weight is 285 g/mol. The Labute approximate surface area is 111 Å². The largest absolute Gasteiger partial charge is 0.265 e. The highest BCUT2D eigenvalue weighted by molar-refractivity contribution is 7.92. The molecule has 0 saturated carbocycles. The van der Waals surface area contributed by atoms with Crippen molar-refractivity contribution in [2.75, 3.05) is 5.21 Å². The van der Waals surface area contributed by atoms with Crippen molar-refractivity contribution in [2.24, 2.45) is 0 Å². The fourth-order valence-corrected chi connectivity index (χ4v) is 2.78. The Hall–Kier alpha value is -1.33. The Morgan fingerprint density at radius 2 is 1.89 bits per heavy atom. The Balaban J connectivity index is 2.40. The molecular weight excluding hydrogens is 272 g/mol. The highest BCUT2D eigenvalue weighted by Gasteiger charge is 2.13. The number of halogens is 1. The van der Waals surface area contributed by atoms with E-state index in [1.807, 2.05) is 17.7 Å². The smallest absolute Gasteiger partial charge is 0.192 e. The number of benzene rings is 1. The summed E-state index contributed by atoms with van der Waals surface area (Å²) in [6.07, 6.45) is 1.72. The summed E-state index contributed by atoms with van der Waals surface area (Å²) in [4.78, 5) is 0.240. The van der Waals surface area contributed by atoms with Crippen molar-refractivity contribution >= 4 is 21.4 Å². The molecule has 1 aromatic carbocycles. The summed E-state index contributed by atoms with van der Waals surface area (Å²) >= 11 is 5.41. The molecule has 2 rings (SSSR count). The fraction of sp³-hybridized carbons (Fsp3) is 0.250. The summed E-state index contributed by atoms with van der Waals surface area (Å²) in [7, 11) is -3.36. The van der Waals surface area contributed by atoms with Crippen molar-refractivity contribution in [1.29, 1.82) is 0 Å². The Morgan fingerprint density at radius 1 is 1.22 bits per heavy atom. The van der Waals surface area contributed by atoms with Gasteiger partial charge in [0.2, 0.25) is 0 Å². The lowest BCUT2D eigenvalue weighted by Crippen LogP contribution is -2.02. The molecule has 1 heterocycles. The lowest BCUT2D eigenvalue weighted by molar-refractivity contribution is 0.600. The van der Waals surface area contributed by atoms with Gasteiger partial charge in [-0.2, -0.15) is 5.10 Å². The zero-order chi connectivity index (χ0) is 13.2. The average Bonchev–Trinajstić information content (AvgIpc) is 2.87. The van der Waals surface area contributed by atoms with Crippen LogP contribution in [-0.4, -0.2) is 23.4 Å². The van der Waals surface area contributed by atoms with E-state index in [4.69, 9.17) is 11.6 Å². The highest BCUT2D eigenvalue weighted by atomic mass is 35.5. The van der Waals surface area contributed by atoms with Gasteiger partial charge in [0.25, 0.3) is 0 Å². The fourth-order valence-electron chi connectivity index (χ4n) is 1.73. The summed E-state index contributed by atoms with van der Waals surface area (Å²) in [6.45, 7) is 2.77. The molecular formula is C12H13ClN2O2S. The van der Waals surface area contributed by atoms with Gasteiger partial charge in [-0.05, 0) is 30.7 Å². The summed E-state index contributed by atoms with van der Waals surface area (Å²) in [5, 5.41) is 3.77. The van der Waals surface area contributed by atoms with Gasteiger partial charge in [-0.15, -0.1) is 11.6 Å². The predicted octanol–water partition coefficient (Wildman–Crippen LogP) is 2.54. The molecule has 6 heteroatoms. The molecule has 4 nitrogen and oxygen atoms in total. The number of aromatic nitrogens is 2. The highest BCUT2D eigenvalue weighted by Crippen LogP contribution is 2.21. The van der Waals surface area contributed by atoms with Crippen LogP contribution in [0.3, 0.4) is 0 Å². The van der Waals surface area contributed by atoms with E-state index in [1.165, 1.54) is 0 Å². The maximum Gasteiger partial charge on any atom is 0.192 e. The first-order chi connectivity index (χ1) is 8.58. The quantitative estimate of drug-likeness (QED) is 0.811. The lowest BCUT2D eigenvalue weighted by atomic mass is 10.1. The lowest BCUT2D eigenvalue weighted by Gasteiger charge is -2.06. The molecule has 2 aromatic rings. The standard InChI is InChI=1S/C12H13ClN2O2S/c1-2-15-12(7-8-14-15)10-3-5-11(6-4-10)18(16,17)9-13/h3-8H,2,9H2,1H3. The van der Waals surface area contributed by atoms with Crippen LogP contribution in [0.4, 0.5) is 0 Å². The Bertz CT molecular complexity index is 632. The summed E-state index contributed by atoms with van der Waals surface area (Å²) in [6, 6.07) is 8.57. The van der Waals surface area contributed by atoms with E-state index in [-0.39, 0.29) is 4.90 Å². The molecule has 0 aliphatic carbocycles. The summed E-state index contributed by atoms with van der Waals surface area (Å²) in [5.74, 6) is 0. The second-order valence-corrected chi connectivity index (χ2v) is 6.35. The van der Waals surface area contributed by atoms with E-state index in [2.05, 4.69) is 5.10 Å². The SMILES string of the molecule is CCn1nccc1-c1ccc(S(=O)(=O)CCl)cc1. The van der Waals surface area contributed by atoms with Crippen molar-refractivity contribution < 1.29 is 8.42 Å². The molecule has 0 amide bonds. The first-order valence-corrected chi connectivity index (χ1v) is 7.68. The molecule has 0 aliphatic heterocycles. The van der Waals surface area contributed by atoms with E-state index in [0.29, 0.717) is 0 Å². The summed E-state index contributed by atoms with van der Waals surface area (Å²) in [5.41, 5.74) is 1.90. The molecule has 0 saturated heterocycles. The van der Waals surface area contributed by atoms with E-state index >= 15 is 0 Å². The van der Waals surface area contributed by atoms with Gasteiger partial charge in [-0.3, -0.25) is 4.68 Å². The first-order valence-electron chi connectivity index (χ1n) is 5.49. The van der Waals surface area contributed by atoms with E-state index in [9.17, 15) is 8.42 Å². The van der Waals surface area contributed by atoms with Crippen LogP contribution in [0.15, 0.2) is 41.4 Å². The van der Waals surface area contributed by atoms with Crippen molar-refractivity contribution in [3.63, 3.8) is 0 Å². The monoisotopic (exact) mass is 284 g/mol. The second-order valence-electron chi connectivity index (χ2n) is 3.78. The van der Waals surface area contributed by atoms with Gasteiger partial charge < -0.3 is 0 Å². The van der Waals surface area contributed by atoms with Crippen LogP contribution in [0.1, 0.15) is 6.92 Å². The number of hydrogen-bond donors (Lipinski definition) is 0. The van der Waals surface area contributed by atoms with Crippen molar-refractivity contribution in [3.8, 4) is 11.3 Å². The summed E-state index contributed by atoms with van der Waals surface area (Å²) < 4.78 is 25.0. The minimum Gasteiger partial charge on any atom is -0.265 e. The third-order valence-electron chi connectivity index (χ3n) is 2.67. The molecule has 0 unspecified atom stereocenters. The van der Waals surface area contributed by atoms with Crippen molar-refractivity contribution in [1.82, 2.24) is 9.78 Å². The molecule has 1 aromatic heterocycles. The van der Waals surface area contributed by atoms with Gasteiger partial charge in [-0.25, -0.2) is 8.42 Å². The van der Waals surface area contributed by atoms with Crippen LogP contribution in [0.25, 0.3) is 11.3 Å². The van der Waals surface area contributed by atoms with Gasteiger partial charge in [0.05, 0.1) is 10.6 Å². The molecule has 18 heavy (non-hydrogen) atoms. The van der Waals surface area contributed by atoms with Crippen LogP contribution in [-0.2, 0) is 16.4 Å². The third-order valence-corrected chi connectivity index (χ3v) is 4.81. The van der Waals surface area contributed by atoms with Crippen molar-refractivity contribution in [2.45, 2.75) is 18.4 Å². The van der Waals surface area contributed by atoms with Gasteiger partial charge in [-0.1, -0.05) is 12.1 Å². The number of nitrogens with zero attached hydrogens (tertiary/aromatic N) is 2. The molecule has 0 N–H and O–H groups in total. The maximum atomic E-state index is 11.6. The molecule has 0 atom stereocenters. The molecule has 0 bridgehead atoms. The number of aryl methyl sites for hydroxylation is 1. The van der Waals surface area contributed by atoms with Crippen molar-refractivity contribution in [3.05, 3.63) is 36.5 Å². The van der Waals surface area contributed by atoms with E-state index < -0.39 is 15.0 Å². The topological polar surface area (TPSA) is 52.0 Å². The van der Waals surface area contributed by atoms with Crippen LogP contribution >= 0.6 is 11.6 Å². The normalized spacial score (nSPS) is 11.7. The van der Waals surface area contributed by atoms with Crippen LogP contribution < -0.4 is 0 Å². The number of alkyl halides is 1. The second kappa shape index (κ2) is 5.12. The molecule has 0 spiro atoms. The number of hydrogen-bond acceptors (Lipinski definition) is 3. The first kappa shape index (κ1) is 13.1. The Kier molecular flexibility index (Phi) is 3.73. The number of sulfone groups is 1. The van der Waals surface area contributed by atoms with Crippen LogP contribution in [0, 0.1) is 0 Å². The van der Waals surface area contributed by atoms with E-state index in [0.717, 1.165) is 17.8 Å². The van der Waals surface area contributed by atoms with Gasteiger partial charge in [0.1, 0.15) is 5.21 Å². The molecule has 0 fully saturated rings. The zero-order valence-electron chi connectivity index (χ0n) is 9.88. The predicted molar refractivity (Wildman–Crippen MR) is 71.2 cm³/mol. The zero-order valence-corrected chi connectivity index (χ0v) is 11.4. The van der Waals surface area contributed by atoms with Gasteiger partial charge in [0, 0.05) is 12.7 Å². The minimum absolute atomic E-state index is 0.240. The molecule has 0 radical (unpaired) electrons. The maximum absolute atomic E-state index is 11.6. The minimum atomic E-state index is -3.36. The number of rotatable bonds is 4.